The van der Waals surface area contributed by atoms with Crippen molar-refractivity contribution < 1.29 is 9.90 Å². The molecule has 0 amide bonds. The first kappa shape index (κ1) is 10.7. The van der Waals surface area contributed by atoms with Crippen LogP contribution in [-0.2, 0) is 0 Å². The van der Waals surface area contributed by atoms with Crippen molar-refractivity contribution in [1.82, 2.24) is 0 Å². The van der Waals surface area contributed by atoms with Crippen molar-refractivity contribution in [3.8, 4) is 0 Å². The first-order valence-electron chi connectivity index (χ1n) is 4.05. The quantitative estimate of drug-likeness (QED) is 0.526. The number of aromatic carboxylic acids is 1. The number of carboxylic acids is 1. The fourth-order valence-electron chi connectivity index (χ4n) is 1.04. The van der Waals surface area contributed by atoms with E-state index >= 15 is 0 Å². The standard InChI is InChI=1S/C10H11NO2S/c11-9-6-8(10(12)13)4-3-7(9)2-1-5-14/h1-4,6,14H,5,11H2,(H,12,13). The molecule has 74 valence electrons. The summed E-state index contributed by atoms with van der Waals surface area (Å²) in [6.07, 6.45) is 3.66. The molecule has 0 saturated carbocycles. The fourth-order valence-corrected chi connectivity index (χ4v) is 1.14. The summed E-state index contributed by atoms with van der Waals surface area (Å²) in [6.45, 7) is 0. The van der Waals surface area contributed by atoms with Crippen LogP contribution in [0.25, 0.3) is 6.08 Å². The summed E-state index contributed by atoms with van der Waals surface area (Å²) in [7, 11) is 0. The number of nitrogen functional groups attached to an aromatic ring is 1. The van der Waals surface area contributed by atoms with Crippen LogP contribution in [0.15, 0.2) is 24.3 Å². The van der Waals surface area contributed by atoms with E-state index in [1.807, 2.05) is 12.2 Å². The number of carbonyl (C=O) groups is 1. The minimum Gasteiger partial charge on any atom is -0.478 e. The molecule has 1 aromatic rings. The minimum atomic E-state index is -0.971. The molecule has 0 aliphatic heterocycles. The van der Waals surface area contributed by atoms with E-state index in [2.05, 4.69) is 12.6 Å². The molecule has 14 heavy (non-hydrogen) atoms. The molecule has 0 unspecified atom stereocenters. The van der Waals surface area contributed by atoms with E-state index in [-0.39, 0.29) is 5.56 Å². The van der Waals surface area contributed by atoms with Gasteiger partial charge in [0.25, 0.3) is 0 Å². The zero-order chi connectivity index (χ0) is 10.6. The third kappa shape index (κ3) is 2.53. The van der Waals surface area contributed by atoms with Crippen molar-refractivity contribution in [2.75, 3.05) is 11.5 Å². The monoisotopic (exact) mass is 209 g/mol. The molecule has 0 bridgehead atoms. The number of nitrogens with two attached hydrogens (primary N) is 1. The van der Waals surface area contributed by atoms with Crippen LogP contribution in [0, 0.1) is 0 Å². The molecule has 1 aromatic carbocycles. The third-order valence-corrected chi connectivity index (χ3v) is 1.95. The van der Waals surface area contributed by atoms with Crippen molar-refractivity contribution >= 4 is 30.4 Å². The maximum Gasteiger partial charge on any atom is 0.335 e. The summed E-state index contributed by atoms with van der Waals surface area (Å²) < 4.78 is 0. The van der Waals surface area contributed by atoms with E-state index in [0.29, 0.717) is 11.4 Å². The summed E-state index contributed by atoms with van der Waals surface area (Å²) in [5, 5.41) is 8.69. The van der Waals surface area contributed by atoms with Gasteiger partial charge in [0.15, 0.2) is 0 Å². The average Bonchev–Trinajstić information content (AvgIpc) is 2.15. The van der Waals surface area contributed by atoms with Gasteiger partial charge < -0.3 is 10.8 Å². The minimum absolute atomic E-state index is 0.200. The van der Waals surface area contributed by atoms with Crippen molar-refractivity contribution in [2.45, 2.75) is 0 Å². The fraction of sp³-hybridized carbons (Fsp3) is 0.100. The maximum atomic E-state index is 10.6. The van der Waals surface area contributed by atoms with Crippen molar-refractivity contribution in [3.63, 3.8) is 0 Å². The van der Waals surface area contributed by atoms with Crippen LogP contribution in [0.1, 0.15) is 15.9 Å². The Morgan fingerprint density at radius 2 is 2.29 bits per heavy atom. The van der Waals surface area contributed by atoms with Crippen molar-refractivity contribution in [1.29, 1.82) is 0 Å². The van der Waals surface area contributed by atoms with Gasteiger partial charge in [-0.2, -0.15) is 12.6 Å². The Hall–Kier alpha value is -1.42. The molecule has 3 N–H and O–H groups in total. The van der Waals surface area contributed by atoms with Crippen LogP contribution < -0.4 is 5.73 Å². The molecule has 4 heteroatoms. The van der Waals surface area contributed by atoms with Crippen LogP contribution >= 0.6 is 12.6 Å². The molecule has 0 aliphatic rings. The van der Waals surface area contributed by atoms with Crippen molar-refractivity contribution in [3.05, 3.63) is 35.4 Å². The number of rotatable bonds is 3. The molecular formula is C10H11NO2S. The number of benzene rings is 1. The second-order valence-electron chi connectivity index (χ2n) is 2.73. The van der Waals surface area contributed by atoms with Crippen LogP contribution in [0.3, 0.4) is 0 Å². The predicted molar refractivity (Wildman–Crippen MR) is 60.7 cm³/mol. The number of hydrogen-bond acceptors (Lipinski definition) is 3. The third-order valence-electron chi connectivity index (χ3n) is 1.74. The highest BCUT2D eigenvalue weighted by Gasteiger charge is 2.03. The van der Waals surface area contributed by atoms with Gasteiger partial charge in [-0.1, -0.05) is 18.2 Å². The Kier molecular flexibility index (Phi) is 3.59. The zero-order valence-corrected chi connectivity index (χ0v) is 8.37. The molecule has 0 heterocycles. The van der Waals surface area contributed by atoms with Crippen LogP contribution in [0.2, 0.25) is 0 Å². The molecule has 0 atom stereocenters. The van der Waals surface area contributed by atoms with Gasteiger partial charge >= 0.3 is 5.97 Å². The first-order valence-corrected chi connectivity index (χ1v) is 4.68. The number of thiol groups is 1. The average molecular weight is 209 g/mol. The summed E-state index contributed by atoms with van der Waals surface area (Å²) in [4.78, 5) is 10.6. The van der Waals surface area contributed by atoms with E-state index in [1.54, 1.807) is 6.07 Å². The number of anilines is 1. The Bertz CT molecular complexity index is 374. The van der Waals surface area contributed by atoms with E-state index in [4.69, 9.17) is 10.8 Å². The van der Waals surface area contributed by atoms with Crippen LogP contribution in [0.5, 0.6) is 0 Å². The predicted octanol–water partition coefficient (Wildman–Crippen LogP) is 1.91. The van der Waals surface area contributed by atoms with Gasteiger partial charge in [0.1, 0.15) is 0 Å². The molecule has 0 fully saturated rings. The lowest BCUT2D eigenvalue weighted by molar-refractivity contribution is 0.0697. The highest BCUT2D eigenvalue weighted by Crippen LogP contribution is 2.15. The largest absolute Gasteiger partial charge is 0.478 e. The summed E-state index contributed by atoms with van der Waals surface area (Å²) in [5.41, 5.74) is 7.13. The van der Waals surface area contributed by atoms with E-state index < -0.39 is 5.97 Å². The summed E-state index contributed by atoms with van der Waals surface area (Å²) in [5.74, 6) is -0.346. The normalized spacial score (nSPS) is 10.6. The van der Waals surface area contributed by atoms with Gasteiger partial charge in [-0.25, -0.2) is 4.79 Å². The van der Waals surface area contributed by atoms with Crippen LogP contribution in [0.4, 0.5) is 5.69 Å². The summed E-state index contributed by atoms with van der Waals surface area (Å²) in [6, 6.07) is 4.65. The van der Waals surface area contributed by atoms with Gasteiger partial charge in [0.2, 0.25) is 0 Å². The van der Waals surface area contributed by atoms with Gasteiger partial charge in [0.05, 0.1) is 5.56 Å². The van der Waals surface area contributed by atoms with E-state index in [9.17, 15) is 4.79 Å². The van der Waals surface area contributed by atoms with Crippen molar-refractivity contribution in [2.24, 2.45) is 0 Å². The number of hydrogen-bond donors (Lipinski definition) is 3. The molecule has 0 aromatic heterocycles. The highest BCUT2D eigenvalue weighted by molar-refractivity contribution is 7.80. The van der Waals surface area contributed by atoms with Gasteiger partial charge in [-0.15, -0.1) is 0 Å². The Morgan fingerprint density at radius 3 is 2.79 bits per heavy atom. The lowest BCUT2D eigenvalue weighted by Gasteiger charge is -2.01. The van der Waals surface area contributed by atoms with Gasteiger partial charge in [-0.05, 0) is 17.7 Å². The smallest absolute Gasteiger partial charge is 0.335 e. The Labute approximate surface area is 87.7 Å². The maximum absolute atomic E-state index is 10.6. The molecule has 0 saturated heterocycles. The zero-order valence-electron chi connectivity index (χ0n) is 7.47. The molecular weight excluding hydrogens is 198 g/mol. The molecule has 0 spiro atoms. The first-order chi connectivity index (χ1) is 6.65. The second-order valence-corrected chi connectivity index (χ2v) is 3.10. The van der Waals surface area contributed by atoms with E-state index in [1.165, 1.54) is 12.1 Å². The highest BCUT2D eigenvalue weighted by atomic mass is 32.1. The topological polar surface area (TPSA) is 63.3 Å². The van der Waals surface area contributed by atoms with Gasteiger partial charge in [0, 0.05) is 11.4 Å². The SMILES string of the molecule is Nc1cc(C(=O)O)ccc1C=CCS. The van der Waals surface area contributed by atoms with E-state index in [0.717, 1.165) is 5.56 Å². The Balaban J connectivity index is 3.01. The lowest BCUT2D eigenvalue weighted by atomic mass is 10.1. The van der Waals surface area contributed by atoms with Crippen LogP contribution in [-0.4, -0.2) is 16.8 Å². The number of carboxylic acid groups (broad SMARTS) is 1. The van der Waals surface area contributed by atoms with Gasteiger partial charge in [-0.3, -0.25) is 0 Å². The molecule has 3 nitrogen and oxygen atoms in total. The second kappa shape index (κ2) is 4.72. The molecule has 1 rings (SSSR count). The Morgan fingerprint density at radius 1 is 1.57 bits per heavy atom. The molecule has 0 radical (unpaired) electrons. The lowest BCUT2D eigenvalue weighted by Crippen LogP contribution is -1.98. The summed E-state index contributed by atoms with van der Waals surface area (Å²) >= 11 is 4.02. The molecule has 0 aliphatic carbocycles.